The van der Waals surface area contributed by atoms with E-state index in [1.54, 1.807) is 24.5 Å². The van der Waals surface area contributed by atoms with Gasteiger partial charge >= 0.3 is 0 Å². The molecule has 6 nitrogen and oxygen atoms in total. The second kappa shape index (κ2) is 6.66. The summed E-state index contributed by atoms with van der Waals surface area (Å²) >= 11 is 7.26. The monoisotopic (exact) mass is 363 g/mol. The van der Waals surface area contributed by atoms with Crippen molar-refractivity contribution >= 4 is 34.8 Å². The van der Waals surface area contributed by atoms with E-state index < -0.39 is 0 Å². The maximum atomic E-state index is 12.3. The first-order chi connectivity index (χ1) is 11.7. The van der Waals surface area contributed by atoms with Crippen molar-refractivity contribution < 1.29 is 4.79 Å². The van der Waals surface area contributed by atoms with Crippen LogP contribution in [0.1, 0.15) is 9.67 Å². The first-order valence-corrected chi connectivity index (χ1v) is 9.21. The number of anilines is 1. The number of rotatable bonds is 3. The molecule has 0 unspecified atom stereocenters. The largest absolute Gasteiger partial charge is 0.338 e. The topological polar surface area (TPSA) is 52.6 Å². The first-order valence-electron chi connectivity index (χ1n) is 8.01. The van der Waals surface area contributed by atoms with Gasteiger partial charge in [-0.05, 0) is 18.2 Å². The minimum atomic E-state index is 0.0967. The van der Waals surface area contributed by atoms with Crippen molar-refractivity contribution in [3.05, 3.63) is 39.8 Å². The molecule has 4 heterocycles. The molecule has 0 N–H and O–H groups in total. The van der Waals surface area contributed by atoms with Gasteiger partial charge in [0.1, 0.15) is 0 Å². The number of hydrogen-bond donors (Lipinski definition) is 0. The highest BCUT2D eigenvalue weighted by Crippen LogP contribution is 2.26. The second-order valence-electron chi connectivity index (χ2n) is 6.04. The lowest BCUT2D eigenvalue weighted by Crippen LogP contribution is -2.64. The SMILES string of the molecule is O=C(c1ccc(Cl)s1)N1CC(N2CCN(c3ncccn3)CC2)C1. The standard InChI is InChI=1S/C16H18ClN5OS/c17-14-3-2-13(24-14)15(23)22-10-12(11-22)20-6-8-21(9-7-20)16-18-4-1-5-19-16/h1-5,12H,6-11H2. The normalized spacial score (nSPS) is 19.4. The van der Waals surface area contributed by atoms with Gasteiger partial charge in [0.2, 0.25) is 5.95 Å². The average molecular weight is 364 g/mol. The molecule has 0 bridgehead atoms. The Hall–Kier alpha value is -1.70. The van der Waals surface area contributed by atoms with Crippen LogP contribution in [0.25, 0.3) is 0 Å². The Kier molecular flexibility index (Phi) is 4.39. The summed E-state index contributed by atoms with van der Waals surface area (Å²) in [4.78, 5) is 28.3. The minimum Gasteiger partial charge on any atom is -0.338 e. The number of piperazine rings is 1. The van der Waals surface area contributed by atoms with Gasteiger partial charge in [0.05, 0.1) is 9.21 Å². The minimum absolute atomic E-state index is 0.0967. The molecule has 0 saturated carbocycles. The fourth-order valence-electron chi connectivity index (χ4n) is 3.18. The van der Waals surface area contributed by atoms with E-state index >= 15 is 0 Å². The van der Waals surface area contributed by atoms with Crippen molar-refractivity contribution in [2.45, 2.75) is 6.04 Å². The Morgan fingerprint density at radius 1 is 1.12 bits per heavy atom. The summed E-state index contributed by atoms with van der Waals surface area (Å²) in [6, 6.07) is 5.88. The van der Waals surface area contributed by atoms with Gasteiger partial charge < -0.3 is 9.80 Å². The Morgan fingerprint density at radius 2 is 1.83 bits per heavy atom. The number of nitrogens with zero attached hydrogens (tertiary/aromatic N) is 5. The van der Waals surface area contributed by atoms with Crippen LogP contribution in [0.4, 0.5) is 5.95 Å². The molecule has 2 aliphatic heterocycles. The number of thiophene rings is 1. The van der Waals surface area contributed by atoms with E-state index in [9.17, 15) is 4.79 Å². The molecular weight excluding hydrogens is 346 g/mol. The fourth-order valence-corrected chi connectivity index (χ4v) is 4.19. The highest BCUT2D eigenvalue weighted by Gasteiger charge is 2.36. The molecule has 2 aromatic rings. The van der Waals surface area contributed by atoms with E-state index in [1.807, 2.05) is 11.0 Å². The van der Waals surface area contributed by atoms with Gasteiger partial charge in [0.25, 0.3) is 5.91 Å². The fraction of sp³-hybridized carbons (Fsp3) is 0.438. The molecule has 0 spiro atoms. The van der Waals surface area contributed by atoms with Crippen LogP contribution in [-0.2, 0) is 0 Å². The molecule has 0 aromatic carbocycles. The quantitative estimate of drug-likeness (QED) is 0.832. The summed E-state index contributed by atoms with van der Waals surface area (Å²) in [5, 5.41) is 0. The lowest BCUT2D eigenvalue weighted by atomic mass is 10.1. The lowest BCUT2D eigenvalue weighted by Gasteiger charge is -2.48. The van der Waals surface area contributed by atoms with E-state index in [0.717, 1.165) is 50.1 Å². The van der Waals surface area contributed by atoms with Crippen molar-refractivity contribution in [2.75, 3.05) is 44.2 Å². The van der Waals surface area contributed by atoms with Crippen LogP contribution in [0.5, 0.6) is 0 Å². The molecule has 126 valence electrons. The molecule has 0 aliphatic carbocycles. The van der Waals surface area contributed by atoms with Crippen LogP contribution >= 0.6 is 22.9 Å². The molecule has 24 heavy (non-hydrogen) atoms. The highest BCUT2D eigenvalue weighted by atomic mass is 35.5. The smallest absolute Gasteiger partial charge is 0.264 e. The molecule has 0 radical (unpaired) electrons. The van der Waals surface area contributed by atoms with Gasteiger partial charge in [-0.15, -0.1) is 11.3 Å². The van der Waals surface area contributed by atoms with E-state index in [4.69, 9.17) is 11.6 Å². The zero-order chi connectivity index (χ0) is 16.5. The molecule has 0 atom stereocenters. The molecule has 2 aliphatic rings. The summed E-state index contributed by atoms with van der Waals surface area (Å²) in [6.45, 7) is 5.42. The number of halogens is 1. The van der Waals surface area contributed by atoms with Gasteiger partial charge in [-0.3, -0.25) is 9.69 Å². The highest BCUT2D eigenvalue weighted by molar-refractivity contribution is 7.17. The number of hydrogen-bond acceptors (Lipinski definition) is 6. The average Bonchev–Trinajstić information content (AvgIpc) is 3.01. The second-order valence-corrected chi connectivity index (χ2v) is 7.75. The zero-order valence-corrected chi connectivity index (χ0v) is 14.7. The summed E-state index contributed by atoms with van der Waals surface area (Å²) < 4.78 is 0.662. The van der Waals surface area contributed by atoms with Gasteiger partial charge in [-0.1, -0.05) is 11.6 Å². The molecule has 2 aromatic heterocycles. The van der Waals surface area contributed by atoms with Crippen LogP contribution in [-0.4, -0.2) is 71.0 Å². The summed E-state index contributed by atoms with van der Waals surface area (Å²) in [5.74, 6) is 0.900. The number of amides is 1. The molecule has 2 fully saturated rings. The van der Waals surface area contributed by atoms with Crippen LogP contribution < -0.4 is 4.90 Å². The number of carbonyl (C=O) groups excluding carboxylic acids is 1. The predicted octanol–water partition coefficient (Wildman–Crippen LogP) is 1.84. The Labute approximate surface area is 149 Å². The van der Waals surface area contributed by atoms with E-state index in [-0.39, 0.29) is 5.91 Å². The molecule has 2 saturated heterocycles. The van der Waals surface area contributed by atoms with Crippen molar-refractivity contribution in [1.82, 2.24) is 19.8 Å². The number of aromatic nitrogens is 2. The van der Waals surface area contributed by atoms with Gasteiger partial charge in [0, 0.05) is 57.7 Å². The van der Waals surface area contributed by atoms with Gasteiger partial charge in [-0.25, -0.2) is 9.97 Å². The van der Waals surface area contributed by atoms with Crippen LogP contribution in [0, 0.1) is 0 Å². The zero-order valence-electron chi connectivity index (χ0n) is 13.1. The maximum absolute atomic E-state index is 12.3. The first kappa shape index (κ1) is 15.8. The summed E-state index contributed by atoms with van der Waals surface area (Å²) in [7, 11) is 0. The van der Waals surface area contributed by atoms with Crippen LogP contribution in [0.15, 0.2) is 30.6 Å². The number of likely N-dealkylation sites (tertiary alicyclic amines) is 1. The van der Waals surface area contributed by atoms with Crippen LogP contribution in [0.2, 0.25) is 4.34 Å². The summed E-state index contributed by atoms with van der Waals surface area (Å²) in [6.07, 6.45) is 3.56. The Balaban J connectivity index is 1.27. The maximum Gasteiger partial charge on any atom is 0.264 e. The van der Waals surface area contributed by atoms with Crippen molar-refractivity contribution in [1.29, 1.82) is 0 Å². The lowest BCUT2D eigenvalue weighted by molar-refractivity contribution is 0.0250. The Bertz CT molecular complexity index is 710. The summed E-state index contributed by atoms with van der Waals surface area (Å²) in [5.41, 5.74) is 0. The molecule has 8 heteroatoms. The number of carbonyl (C=O) groups is 1. The van der Waals surface area contributed by atoms with Crippen LogP contribution in [0.3, 0.4) is 0 Å². The third-order valence-electron chi connectivity index (χ3n) is 4.60. The molecule has 4 rings (SSSR count). The van der Waals surface area contributed by atoms with E-state index in [0.29, 0.717) is 10.4 Å². The predicted molar refractivity (Wildman–Crippen MR) is 94.8 cm³/mol. The Morgan fingerprint density at radius 3 is 2.46 bits per heavy atom. The van der Waals surface area contributed by atoms with E-state index in [2.05, 4.69) is 19.8 Å². The van der Waals surface area contributed by atoms with Gasteiger partial charge in [0.15, 0.2) is 0 Å². The van der Waals surface area contributed by atoms with Crippen molar-refractivity contribution in [3.8, 4) is 0 Å². The third-order valence-corrected chi connectivity index (χ3v) is 5.82. The van der Waals surface area contributed by atoms with Crippen molar-refractivity contribution in [3.63, 3.8) is 0 Å². The molecular formula is C16H18ClN5OS. The van der Waals surface area contributed by atoms with Gasteiger partial charge in [-0.2, -0.15) is 0 Å². The molecule has 1 amide bonds. The van der Waals surface area contributed by atoms with E-state index in [1.165, 1.54) is 11.3 Å². The third kappa shape index (κ3) is 3.11. The van der Waals surface area contributed by atoms with Crippen molar-refractivity contribution in [2.24, 2.45) is 0 Å².